The van der Waals surface area contributed by atoms with Gasteiger partial charge in [0, 0.05) is 23.7 Å². The maximum Gasteiger partial charge on any atom is 0.315 e. The summed E-state index contributed by atoms with van der Waals surface area (Å²) in [6.45, 7) is 0. The lowest BCUT2D eigenvalue weighted by molar-refractivity contribution is 0.0604. The summed E-state index contributed by atoms with van der Waals surface area (Å²) in [4.78, 5) is 2.56. The van der Waals surface area contributed by atoms with Crippen molar-refractivity contribution in [3.8, 4) is 11.5 Å². The first-order valence-electron chi connectivity index (χ1n) is 8.17. The number of nitrogens with one attached hydrogen (secondary N) is 1. The topological polar surface area (TPSA) is 54.2 Å². The van der Waals surface area contributed by atoms with Crippen molar-refractivity contribution in [3.05, 3.63) is 30.3 Å². The summed E-state index contributed by atoms with van der Waals surface area (Å²) in [6, 6.07) is 12.3. The fraction of sp³-hybridized carbons (Fsp3) is 0.529. The Labute approximate surface area is 130 Å². The number of hydrogen-bond donors (Lipinski definition) is 1. The molecule has 3 heterocycles. The zero-order valence-corrected chi connectivity index (χ0v) is 12.9. The van der Waals surface area contributed by atoms with Gasteiger partial charge in [0.15, 0.2) is 0 Å². The average Bonchev–Trinajstić information content (AvgIpc) is 2.98. The molecule has 2 bridgehead atoms. The third kappa shape index (κ3) is 2.61. The van der Waals surface area contributed by atoms with Crippen molar-refractivity contribution in [1.29, 1.82) is 0 Å². The van der Waals surface area contributed by atoms with Crippen LogP contribution in [-0.4, -0.2) is 40.3 Å². The number of anilines is 1. The molecule has 1 aromatic heterocycles. The Morgan fingerprint density at radius 2 is 1.82 bits per heavy atom. The molecule has 5 nitrogen and oxygen atoms in total. The lowest BCUT2D eigenvalue weighted by Gasteiger charge is -2.47. The maximum atomic E-state index is 5.77. The zero-order valence-electron chi connectivity index (χ0n) is 12.9. The summed E-state index contributed by atoms with van der Waals surface area (Å²) in [5.74, 6) is 0.580. The Morgan fingerprint density at radius 3 is 2.55 bits per heavy atom. The molecule has 0 amide bonds. The highest BCUT2D eigenvalue weighted by atomic mass is 16.4. The van der Waals surface area contributed by atoms with Crippen molar-refractivity contribution in [3.63, 3.8) is 0 Å². The van der Waals surface area contributed by atoms with Gasteiger partial charge in [-0.05, 0) is 44.9 Å². The highest BCUT2D eigenvalue weighted by molar-refractivity contribution is 5.52. The van der Waals surface area contributed by atoms with Crippen molar-refractivity contribution in [2.24, 2.45) is 0 Å². The van der Waals surface area contributed by atoms with E-state index in [4.69, 9.17) is 4.42 Å². The molecule has 2 aliphatic heterocycles. The molecule has 1 aromatic carbocycles. The predicted octanol–water partition coefficient (Wildman–Crippen LogP) is 3.16. The monoisotopic (exact) mass is 298 g/mol. The maximum absolute atomic E-state index is 5.77. The summed E-state index contributed by atoms with van der Waals surface area (Å²) in [6.07, 6.45) is 6.31. The first kappa shape index (κ1) is 13.8. The minimum atomic E-state index is 0.440. The molecular formula is C17H22N4O. The Balaban J connectivity index is 1.45. The quantitative estimate of drug-likeness (QED) is 0.943. The molecule has 2 aliphatic rings. The second kappa shape index (κ2) is 5.72. The van der Waals surface area contributed by atoms with Crippen molar-refractivity contribution >= 4 is 6.01 Å². The molecule has 0 aliphatic carbocycles. The van der Waals surface area contributed by atoms with Gasteiger partial charge in [-0.3, -0.25) is 0 Å². The minimum absolute atomic E-state index is 0.440. The molecule has 0 spiro atoms. The van der Waals surface area contributed by atoms with E-state index in [9.17, 15) is 0 Å². The van der Waals surface area contributed by atoms with E-state index >= 15 is 0 Å². The summed E-state index contributed by atoms with van der Waals surface area (Å²) in [5, 5.41) is 11.8. The first-order chi connectivity index (χ1) is 10.8. The number of nitrogens with zero attached hydrogens (tertiary/aromatic N) is 3. The first-order valence-corrected chi connectivity index (χ1v) is 8.17. The van der Waals surface area contributed by atoms with Gasteiger partial charge in [-0.2, -0.15) is 0 Å². The number of fused-ring (bicyclic) bond motifs is 2. The van der Waals surface area contributed by atoms with E-state index in [1.54, 1.807) is 0 Å². The van der Waals surface area contributed by atoms with Gasteiger partial charge in [-0.25, -0.2) is 0 Å². The van der Waals surface area contributed by atoms with E-state index in [0.29, 0.717) is 30.0 Å². The summed E-state index contributed by atoms with van der Waals surface area (Å²) < 4.78 is 5.77. The highest BCUT2D eigenvalue weighted by Gasteiger charge is 2.36. The number of benzene rings is 1. The molecule has 4 rings (SSSR count). The number of piperidine rings is 2. The van der Waals surface area contributed by atoms with Gasteiger partial charge in [-0.1, -0.05) is 29.7 Å². The normalized spacial score (nSPS) is 28.5. The molecule has 2 unspecified atom stereocenters. The van der Waals surface area contributed by atoms with Gasteiger partial charge in [0.1, 0.15) is 0 Å². The average molecular weight is 298 g/mol. The largest absolute Gasteiger partial charge is 0.403 e. The Kier molecular flexibility index (Phi) is 3.58. The van der Waals surface area contributed by atoms with Crippen LogP contribution in [0, 0.1) is 0 Å². The van der Waals surface area contributed by atoms with Crippen LogP contribution in [0.5, 0.6) is 0 Å². The summed E-state index contributed by atoms with van der Waals surface area (Å²) in [5.41, 5.74) is 0.961. The van der Waals surface area contributed by atoms with Crippen LogP contribution in [0.15, 0.2) is 34.7 Å². The molecule has 0 saturated carbocycles. The van der Waals surface area contributed by atoms with Gasteiger partial charge < -0.3 is 14.6 Å². The molecule has 2 aromatic rings. The van der Waals surface area contributed by atoms with Gasteiger partial charge in [0.25, 0.3) is 0 Å². The van der Waals surface area contributed by atoms with E-state index in [-0.39, 0.29) is 0 Å². The Hall–Kier alpha value is -1.88. The smallest absolute Gasteiger partial charge is 0.315 e. The predicted molar refractivity (Wildman–Crippen MR) is 85.6 cm³/mol. The van der Waals surface area contributed by atoms with Crippen LogP contribution in [0.3, 0.4) is 0 Å². The molecular weight excluding hydrogens is 276 g/mol. The van der Waals surface area contributed by atoms with Crippen LogP contribution >= 0.6 is 0 Å². The lowest BCUT2D eigenvalue weighted by Crippen LogP contribution is -2.52. The van der Waals surface area contributed by atoms with Crippen LogP contribution in [0.4, 0.5) is 6.01 Å². The van der Waals surface area contributed by atoms with Crippen LogP contribution < -0.4 is 5.32 Å². The lowest BCUT2D eigenvalue weighted by atomic mass is 9.82. The van der Waals surface area contributed by atoms with Crippen LogP contribution in [0.1, 0.15) is 32.1 Å². The van der Waals surface area contributed by atoms with Gasteiger partial charge in [-0.15, -0.1) is 5.10 Å². The number of aromatic nitrogens is 2. The standard InChI is InChI=1S/C17H22N4O/c1-21-14-8-5-9-15(21)11-13(10-14)18-17-20-19-16(22-17)12-6-3-2-4-7-12/h2-4,6-7,13-15H,5,8-11H2,1H3,(H,18,20). The van der Waals surface area contributed by atoms with Gasteiger partial charge in [0.2, 0.25) is 5.89 Å². The van der Waals surface area contributed by atoms with Crippen LogP contribution in [0.2, 0.25) is 0 Å². The van der Waals surface area contributed by atoms with E-state index < -0.39 is 0 Å². The third-order valence-electron chi connectivity index (χ3n) is 5.11. The van der Waals surface area contributed by atoms with E-state index in [1.165, 1.54) is 19.3 Å². The Bertz CT molecular complexity index is 613. The molecule has 1 N–H and O–H groups in total. The highest BCUT2D eigenvalue weighted by Crippen LogP contribution is 2.34. The molecule has 2 saturated heterocycles. The molecule has 0 radical (unpaired) electrons. The third-order valence-corrected chi connectivity index (χ3v) is 5.11. The van der Waals surface area contributed by atoms with Crippen LogP contribution in [-0.2, 0) is 0 Å². The van der Waals surface area contributed by atoms with Gasteiger partial charge >= 0.3 is 6.01 Å². The fourth-order valence-corrected chi connectivity index (χ4v) is 3.89. The van der Waals surface area contributed by atoms with Crippen LogP contribution in [0.25, 0.3) is 11.5 Å². The Morgan fingerprint density at radius 1 is 1.09 bits per heavy atom. The SMILES string of the molecule is CN1C2CCCC1CC(Nc1nnc(-c3ccccc3)o1)C2. The molecule has 116 valence electrons. The number of hydrogen-bond acceptors (Lipinski definition) is 5. The van der Waals surface area contributed by atoms with Gasteiger partial charge in [0.05, 0.1) is 0 Å². The van der Waals surface area contributed by atoms with Crippen molar-refractivity contribution in [2.75, 3.05) is 12.4 Å². The van der Waals surface area contributed by atoms with E-state index in [0.717, 1.165) is 18.4 Å². The molecule has 5 heteroatoms. The number of rotatable bonds is 3. The van der Waals surface area contributed by atoms with Crippen molar-refractivity contribution < 1.29 is 4.42 Å². The second-order valence-electron chi connectivity index (χ2n) is 6.50. The van der Waals surface area contributed by atoms with E-state index in [1.807, 2.05) is 30.3 Å². The second-order valence-corrected chi connectivity index (χ2v) is 6.50. The van der Waals surface area contributed by atoms with E-state index in [2.05, 4.69) is 27.5 Å². The molecule has 2 fully saturated rings. The van der Waals surface area contributed by atoms with Crippen molar-refractivity contribution in [1.82, 2.24) is 15.1 Å². The summed E-state index contributed by atoms with van der Waals surface area (Å²) >= 11 is 0. The fourth-order valence-electron chi connectivity index (χ4n) is 3.89. The summed E-state index contributed by atoms with van der Waals surface area (Å²) in [7, 11) is 2.27. The van der Waals surface area contributed by atoms with Crippen molar-refractivity contribution in [2.45, 2.75) is 50.2 Å². The molecule has 22 heavy (non-hydrogen) atoms. The minimum Gasteiger partial charge on any atom is -0.403 e. The molecule has 2 atom stereocenters. The zero-order chi connectivity index (χ0) is 14.9.